The highest BCUT2D eigenvalue weighted by Crippen LogP contribution is 2.19. The van der Waals surface area contributed by atoms with Gasteiger partial charge in [0.2, 0.25) is 0 Å². The van der Waals surface area contributed by atoms with Crippen LogP contribution in [0.3, 0.4) is 0 Å². The molecule has 0 bridgehead atoms. The van der Waals surface area contributed by atoms with Crippen molar-refractivity contribution in [2.45, 2.75) is 6.92 Å². The second-order valence-corrected chi connectivity index (χ2v) is 2.82. The summed E-state index contributed by atoms with van der Waals surface area (Å²) in [6.07, 6.45) is 0. The Hall–Kier alpha value is -1.84. The van der Waals surface area contributed by atoms with Crippen molar-refractivity contribution < 1.29 is 19.4 Å². The third-order valence-electron chi connectivity index (χ3n) is 1.86. The summed E-state index contributed by atoms with van der Waals surface area (Å²) in [5, 5.41) is 8.48. The van der Waals surface area contributed by atoms with Gasteiger partial charge < -0.3 is 9.84 Å². The summed E-state index contributed by atoms with van der Waals surface area (Å²) in [4.78, 5) is 21.5. The maximum atomic E-state index is 11.1. The lowest BCUT2D eigenvalue weighted by Crippen LogP contribution is -2.12. The summed E-state index contributed by atoms with van der Waals surface area (Å²) in [5.41, 5.74) is 0.981. The molecule has 0 amide bonds. The number of benzene rings is 1. The van der Waals surface area contributed by atoms with Gasteiger partial charge in [0.15, 0.2) is 0 Å². The molecule has 14 heavy (non-hydrogen) atoms. The highest BCUT2D eigenvalue weighted by Gasteiger charge is 2.15. The number of hydrogen-bond donors (Lipinski definition) is 1. The van der Waals surface area contributed by atoms with Crippen LogP contribution in [0.2, 0.25) is 0 Å². The maximum Gasteiger partial charge on any atom is 0.377 e. The molecule has 0 heterocycles. The first-order chi connectivity index (χ1) is 6.56. The monoisotopic (exact) mass is 194 g/mol. The predicted octanol–water partition coefficient (Wildman–Crippen LogP) is 1.27. The summed E-state index contributed by atoms with van der Waals surface area (Å²) in [5.74, 6) is -1.88. The van der Waals surface area contributed by atoms with E-state index in [9.17, 15) is 9.59 Å². The van der Waals surface area contributed by atoms with E-state index in [1.807, 2.05) is 6.92 Å². The predicted molar refractivity (Wildman–Crippen MR) is 49.7 cm³/mol. The highest BCUT2D eigenvalue weighted by atomic mass is 16.5. The minimum atomic E-state index is -1.46. The van der Waals surface area contributed by atoms with E-state index >= 15 is 0 Å². The van der Waals surface area contributed by atoms with Gasteiger partial charge in [-0.2, -0.15) is 0 Å². The van der Waals surface area contributed by atoms with Gasteiger partial charge in [0.25, 0.3) is 5.78 Å². The van der Waals surface area contributed by atoms with Crippen molar-refractivity contribution >= 4 is 11.8 Å². The summed E-state index contributed by atoms with van der Waals surface area (Å²) < 4.78 is 4.97. The van der Waals surface area contributed by atoms with Crippen LogP contribution < -0.4 is 4.74 Å². The van der Waals surface area contributed by atoms with Crippen molar-refractivity contribution in [2.75, 3.05) is 7.11 Å². The van der Waals surface area contributed by atoms with Crippen molar-refractivity contribution in [1.82, 2.24) is 0 Å². The second-order valence-electron chi connectivity index (χ2n) is 2.82. The molecule has 1 aromatic rings. The third-order valence-corrected chi connectivity index (χ3v) is 1.86. The first kappa shape index (κ1) is 10.2. The molecule has 0 aliphatic rings. The van der Waals surface area contributed by atoms with E-state index in [1.54, 1.807) is 6.07 Å². The largest absolute Gasteiger partial charge is 0.496 e. The smallest absolute Gasteiger partial charge is 0.377 e. The minimum Gasteiger partial charge on any atom is -0.496 e. The molecule has 1 aromatic carbocycles. The normalized spacial score (nSPS) is 9.57. The zero-order valence-electron chi connectivity index (χ0n) is 7.90. The molecule has 0 aliphatic carbocycles. The van der Waals surface area contributed by atoms with Crippen LogP contribution in [-0.2, 0) is 4.79 Å². The Morgan fingerprint density at radius 2 is 2.00 bits per heavy atom. The fourth-order valence-corrected chi connectivity index (χ4v) is 1.08. The fourth-order valence-electron chi connectivity index (χ4n) is 1.08. The Balaban J connectivity index is 3.12. The summed E-state index contributed by atoms with van der Waals surface area (Å²) >= 11 is 0. The molecule has 0 fully saturated rings. The van der Waals surface area contributed by atoms with E-state index in [-0.39, 0.29) is 5.56 Å². The summed E-state index contributed by atoms with van der Waals surface area (Å²) in [6, 6.07) is 4.54. The van der Waals surface area contributed by atoms with Crippen LogP contribution in [0.5, 0.6) is 5.75 Å². The Bertz CT molecular complexity index is 382. The van der Waals surface area contributed by atoms with Gasteiger partial charge in [-0.25, -0.2) is 4.79 Å². The van der Waals surface area contributed by atoms with Crippen LogP contribution in [0.25, 0.3) is 0 Å². The van der Waals surface area contributed by atoms with Gasteiger partial charge in [-0.15, -0.1) is 0 Å². The summed E-state index contributed by atoms with van der Waals surface area (Å²) in [6.45, 7) is 1.81. The number of Topliss-reactive ketones (excluding diaryl/α,β-unsaturated/α-hetero) is 1. The maximum absolute atomic E-state index is 11.1. The number of carboxylic acids is 1. The van der Waals surface area contributed by atoms with Gasteiger partial charge >= 0.3 is 5.97 Å². The van der Waals surface area contributed by atoms with E-state index in [1.165, 1.54) is 19.2 Å². The quantitative estimate of drug-likeness (QED) is 0.581. The van der Waals surface area contributed by atoms with Crippen molar-refractivity contribution in [3.8, 4) is 5.75 Å². The van der Waals surface area contributed by atoms with Gasteiger partial charge in [0.05, 0.1) is 7.11 Å². The molecular weight excluding hydrogens is 184 g/mol. The lowest BCUT2D eigenvalue weighted by Gasteiger charge is -2.05. The van der Waals surface area contributed by atoms with Crippen molar-refractivity contribution in [2.24, 2.45) is 0 Å². The molecule has 0 aliphatic heterocycles. The molecule has 0 radical (unpaired) electrons. The number of methoxy groups -OCH3 is 1. The topological polar surface area (TPSA) is 63.6 Å². The Kier molecular flexibility index (Phi) is 2.86. The average Bonchev–Trinajstić information content (AvgIpc) is 2.17. The van der Waals surface area contributed by atoms with Gasteiger partial charge in [-0.1, -0.05) is 12.1 Å². The molecular formula is C10H10O4. The number of rotatable bonds is 3. The number of carbonyl (C=O) groups is 2. The molecule has 4 heteroatoms. The zero-order chi connectivity index (χ0) is 10.7. The van der Waals surface area contributed by atoms with Gasteiger partial charge in [-0.05, 0) is 18.6 Å². The molecule has 74 valence electrons. The zero-order valence-corrected chi connectivity index (χ0v) is 7.90. The number of aliphatic carboxylic acids is 1. The van der Waals surface area contributed by atoms with E-state index in [4.69, 9.17) is 9.84 Å². The molecule has 1 rings (SSSR count). The molecule has 4 nitrogen and oxygen atoms in total. The number of carbonyl (C=O) groups excluding carboxylic acids is 1. The molecule has 0 saturated carbocycles. The second kappa shape index (κ2) is 3.91. The summed E-state index contributed by atoms with van der Waals surface area (Å²) in [7, 11) is 1.47. The Morgan fingerprint density at radius 1 is 1.36 bits per heavy atom. The van der Waals surface area contributed by atoms with E-state index < -0.39 is 11.8 Å². The Labute approximate surface area is 81.1 Å². The lowest BCUT2D eigenvalue weighted by molar-refractivity contribution is -0.131. The molecule has 0 atom stereocenters. The van der Waals surface area contributed by atoms with E-state index in [0.29, 0.717) is 5.75 Å². The van der Waals surface area contributed by atoms with Crippen molar-refractivity contribution in [3.63, 3.8) is 0 Å². The third kappa shape index (κ3) is 1.90. The van der Waals surface area contributed by atoms with Crippen LogP contribution in [0.1, 0.15) is 15.9 Å². The van der Waals surface area contributed by atoms with Crippen molar-refractivity contribution in [3.05, 3.63) is 29.3 Å². The van der Waals surface area contributed by atoms with Crippen molar-refractivity contribution in [1.29, 1.82) is 0 Å². The SMILES string of the molecule is COc1cc(C(=O)C(=O)O)ccc1C. The minimum absolute atomic E-state index is 0.125. The lowest BCUT2D eigenvalue weighted by atomic mass is 10.1. The number of aryl methyl sites for hydroxylation is 1. The molecule has 0 aromatic heterocycles. The van der Waals surface area contributed by atoms with E-state index in [0.717, 1.165) is 5.56 Å². The van der Waals surface area contributed by atoms with Crippen LogP contribution >= 0.6 is 0 Å². The van der Waals surface area contributed by atoms with Crippen LogP contribution in [-0.4, -0.2) is 24.0 Å². The first-order valence-electron chi connectivity index (χ1n) is 3.98. The van der Waals surface area contributed by atoms with E-state index in [2.05, 4.69) is 0 Å². The van der Waals surface area contributed by atoms with Gasteiger partial charge in [0.1, 0.15) is 5.75 Å². The van der Waals surface area contributed by atoms with Gasteiger partial charge in [-0.3, -0.25) is 4.79 Å². The Morgan fingerprint density at radius 3 is 2.50 bits per heavy atom. The van der Waals surface area contributed by atoms with Crippen LogP contribution in [0, 0.1) is 6.92 Å². The number of ether oxygens (including phenoxy) is 1. The number of carboxylic acid groups (broad SMARTS) is 1. The average molecular weight is 194 g/mol. The molecule has 0 spiro atoms. The molecule has 0 saturated heterocycles. The number of ketones is 1. The highest BCUT2D eigenvalue weighted by molar-refractivity contribution is 6.39. The molecule has 0 unspecified atom stereocenters. The molecule has 1 N–H and O–H groups in total. The standard InChI is InChI=1S/C10H10O4/c1-6-3-4-7(5-8(6)14-2)9(11)10(12)13/h3-5H,1-2H3,(H,12,13). The van der Waals surface area contributed by atoms with Crippen LogP contribution in [0.4, 0.5) is 0 Å². The number of hydrogen-bond acceptors (Lipinski definition) is 3. The first-order valence-corrected chi connectivity index (χ1v) is 3.98. The fraction of sp³-hybridized carbons (Fsp3) is 0.200. The van der Waals surface area contributed by atoms with Crippen LogP contribution in [0.15, 0.2) is 18.2 Å². The van der Waals surface area contributed by atoms with Gasteiger partial charge in [0, 0.05) is 5.56 Å².